The SMILES string of the molecule is CN/C=C(/Br)C(=N)N1CCC(=O)N(C)CC1. The first-order chi connectivity index (χ1) is 7.56. The van der Waals surface area contributed by atoms with Crippen LogP contribution in [0.1, 0.15) is 6.42 Å². The van der Waals surface area contributed by atoms with Crippen LogP contribution in [0.15, 0.2) is 10.7 Å². The quantitative estimate of drug-likeness (QED) is 0.577. The third-order valence-corrected chi connectivity index (χ3v) is 3.14. The molecule has 1 saturated heterocycles. The molecular formula is C10H17BrN4O. The standard InChI is InChI=1S/C10H17BrN4O/c1-13-7-8(11)10(12)15-4-3-9(16)14(2)5-6-15/h7,12-13H,3-6H2,1-2H3/b8-7+,12-10?. The fourth-order valence-corrected chi connectivity index (χ4v) is 1.98. The van der Waals surface area contributed by atoms with Crippen LogP contribution in [0.25, 0.3) is 0 Å². The first-order valence-corrected chi connectivity index (χ1v) is 5.96. The van der Waals surface area contributed by atoms with E-state index in [1.54, 1.807) is 25.2 Å². The molecule has 0 aromatic heterocycles. The van der Waals surface area contributed by atoms with Crippen LogP contribution >= 0.6 is 15.9 Å². The molecule has 0 aromatic carbocycles. The molecule has 1 fully saturated rings. The van der Waals surface area contributed by atoms with Crippen LogP contribution in [0, 0.1) is 5.41 Å². The lowest BCUT2D eigenvalue weighted by atomic mass is 10.3. The van der Waals surface area contributed by atoms with Crippen LogP contribution in [0.2, 0.25) is 0 Å². The molecule has 6 heteroatoms. The molecule has 0 bridgehead atoms. The Labute approximate surface area is 104 Å². The fourth-order valence-electron chi connectivity index (χ4n) is 1.50. The van der Waals surface area contributed by atoms with Crippen molar-refractivity contribution in [2.45, 2.75) is 6.42 Å². The highest BCUT2D eigenvalue weighted by Crippen LogP contribution is 2.12. The number of amidine groups is 1. The van der Waals surface area contributed by atoms with E-state index < -0.39 is 0 Å². The summed E-state index contributed by atoms with van der Waals surface area (Å²) >= 11 is 3.33. The summed E-state index contributed by atoms with van der Waals surface area (Å²) in [6, 6.07) is 0. The predicted octanol–water partition coefficient (Wildman–Crippen LogP) is 0.583. The second-order valence-corrected chi connectivity index (χ2v) is 4.54. The molecule has 0 aromatic rings. The van der Waals surface area contributed by atoms with E-state index in [2.05, 4.69) is 21.2 Å². The van der Waals surface area contributed by atoms with Gasteiger partial charge in [-0.2, -0.15) is 0 Å². The lowest BCUT2D eigenvalue weighted by Gasteiger charge is -2.22. The van der Waals surface area contributed by atoms with Crippen molar-refractivity contribution in [1.29, 1.82) is 5.41 Å². The highest BCUT2D eigenvalue weighted by molar-refractivity contribution is 9.12. The highest BCUT2D eigenvalue weighted by Gasteiger charge is 2.20. The lowest BCUT2D eigenvalue weighted by molar-refractivity contribution is -0.129. The van der Waals surface area contributed by atoms with Gasteiger partial charge in [0.1, 0.15) is 5.84 Å². The van der Waals surface area contributed by atoms with Crippen molar-refractivity contribution in [2.24, 2.45) is 0 Å². The van der Waals surface area contributed by atoms with Crippen molar-refractivity contribution >= 4 is 27.7 Å². The third-order valence-electron chi connectivity index (χ3n) is 2.54. The second-order valence-electron chi connectivity index (χ2n) is 3.68. The Kier molecular flexibility index (Phi) is 4.79. The maximum absolute atomic E-state index is 11.5. The van der Waals surface area contributed by atoms with Crippen LogP contribution in [0.4, 0.5) is 0 Å². The molecule has 0 spiro atoms. The normalized spacial score (nSPS) is 18.4. The van der Waals surface area contributed by atoms with Crippen LogP contribution in [-0.4, -0.2) is 55.3 Å². The maximum Gasteiger partial charge on any atom is 0.224 e. The molecule has 1 rings (SSSR count). The smallest absolute Gasteiger partial charge is 0.224 e. The number of carbonyl (C=O) groups excluding carboxylic acids is 1. The van der Waals surface area contributed by atoms with Gasteiger partial charge in [-0.3, -0.25) is 10.2 Å². The van der Waals surface area contributed by atoms with Gasteiger partial charge in [0.05, 0.1) is 4.48 Å². The summed E-state index contributed by atoms with van der Waals surface area (Å²) in [7, 11) is 3.59. The number of hydrogen-bond acceptors (Lipinski definition) is 3. The van der Waals surface area contributed by atoms with Crippen LogP contribution in [-0.2, 0) is 4.79 Å². The Morgan fingerprint density at radius 2 is 2.19 bits per heavy atom. The van der Waals surface area contributed by atoms with Crippen molar-refractivity contribution < 1.29 is 4.79 Å². The molecule has 90 valence electrons. The van der Waals surface area contributed by atoms with Gasteiger partial charge in [0.15, 0.2) is 0 Å². The summed E-state index contributed by atoms with van der Waals surface area (Å²) in [5.74, 6) is 0.557. The van der Waals surface area contributed by atoms with Gasteiger partial charge in [-0.1, -0.05) is 0 Å². The lowest BCUT2D eigenvalue weighted by Crippen LogP contribution is -2.34. The molecule has 1 aliphatic rings. The predicted molar refractivity (Wildman–Crippen MR) is 67.6 cm³/mol. The molecular weight excluding hydrogens is 272 g/mol. The number of carbonyl (C=O) groups is 1. The molecule has 0 unspecified atom stereocenters. The zero-order valence-electron chi connectivity index (χ0n) is 9.59. The largest absolute Gasteiger partial charge is 0.393 e. The van der Waals surface area contributed by atoms with Gasteiger partial charge in [0.25, 0.3) is 0 Å². The summed E-state index contributed by atoms with van der Waals surface area (Å²) in [6.45, 7) is 1.98. The van der Waals surface area contributed by atoms with E-state index >= 15 is 0 Å². The van der Waals surface area contributed by atoms with E-state index in [9.17, 15) is 4.79 Å². The molecule has 5 nitrogen and oxygen atoms in total. The minimum atomic E-state index is 0.143. The highest BCUT2D eigenvalue weighted by atomic mass is 79.9. The zero-order chi connectivity index (χ0) is 12.1. The van der Waals surface area contributed by atoms with Crippen molar-refractivity contribution in [2.75, 3.05) is 33.7 Å². The summed E-state index contributed by atoms with van der Waals surface area (Å²) in [4.78, 5) is 15.1. The van der Waals surface area contributed by atoms with E-state index in [1.165, 1.54) is 0 Å². The number of nitrogens with one attached hydrogen (secondary N) is 2. The Hall–Kier alpha value is -1.04. The number of hydrogen-bond donors (Lipinski definition) is 2. The van der Waals surface area contributed by atoms with Gasteiger partial charge in [0, 0.05) is 46.4 Å². The summed E-state index contributed by atoms with van der Waals surface area (Å²) < 4.78 is 0.701. The fraction of sp³-hybridized carbons (Fsp3) is 0.600. The van der Waals surface area contributed by atoms with Crippen molar-refractivity contribution in [3.05, 3.63) is 10.7 Å². The third kappa shape index (κ3) is 3.23. The molecule has 2 N–H and O–H groups in total. The van der Waals surface area contributed by atoms with Crippen molar-refractivity contribution in [3.63, 3.8) is 0 Å². The van der Waals surface area contributed by atoms with Gasteiger partial charge in [-0.05, 0) is 15.9 Å². The number of rotatable bonds is 2. The average Bonchev–Trinajstić information content (AvgIpc) is 2.42. The van der Waals surface area contributed by atoms with E-state index in [0.717, 1.165) is 0 Å². The Balaban J connectivity index is 2.64. The maximum atomic E-state index is 11.5. The minimum Gasteiger partial charge on any atom is -0.393 e. The number of likely N-dealkylation sites (N-methyl/N-ethyl adjacent to an activating group) is 1. The first-order valence-electron chi connectivity index (χ1n) is 5.17. The molecule has 1 heterocycles. The minimum absolute atomic E-state index is 0.143. The van der Waals surface area contributed by atoms with Gasteiger partial charge in [0.2, 0.25) is 5.91 Å². The summed E-state index contributed by atoms with van der Waals surface area (Å²) in [6.07, 6.45) is 2.19. The average molecular weight is 289 g/mol. The van der Waals surface area contributed by atoms with Crippen LogP contribution < -0.4 is 5.32 Å². The number of nitrogens with zero attached hydrogens (tertiary/aromatic N) is 2. The Morgan fingerprint density at radius 1 is 1.50 bits per heavy atom. The van der Waals surface area contributed by atoms with Gasteiger partial charge >= 0.3 is 0 Å². The number of amides is 1. The molecule has 0 radical (unpaired) electrons. The van der Waals surface area contributed by atoms with Crippen LogP contribution in [0.3, 0.4) is 0 Å². The van der Waals surface area contributed by atoms with Gasteiger partial charge in [-0.25, -0.2) is 0 Å². The first kappa shape index (κ1) is 13.0. The van der Waals surface area contributed by atoms with E-state index in [4.69, 9.17) is 5.41 Å². The van der Waals surface area contributed by atoms with E-state index in [1.807, 2.05) is 4.90 Å². The molecule has 16 heavy (non-hydrogen) atoms. The van der Waals surface area contributed by atoms with Crippen molar-refractivity contribution in [1.82, 2.24) is 15.1 Å². The van der Waals surface area contributed by atoms with Gasteiger partial charge in [-0.15, -0.1) is 0 Å². The monoisotopic (exact) mass is 288 g/mol. The van der Waals surface area contributed by atoms with Crippen molar-refractivity contribution in [3.8, 4) is 0 Å². The molecule has 1 aliphatic heterocycles. The summed E-state index contributed by atoms with van der Waals surface area (Å²) in [5.41, 5.74) is 0. The Bertz CT molecular complexity index is 316. The second kappa shape index (κ2) is 5.89. The van der Waals surface area contributed by atoms with Gasteiger partial charge < -0.3 is 15.1 Å². The topological polar surface area (TPSA) is 59.4 Å². The Morgan fingerprint density at radius 3 is 2.81 bits per heavy atom. The van der Waals surface area contributed by atoms with E-state index in [-0.39, 0.29) is 5.91 Å². The summed E-state index contributed by atoms with van der Waals surface area (Å²) in [5, 5.41) is 10.8. The molecule has 0 saturated carbocycles. The molecule has 1 amide bonds. The number of halogens is 1. The van der Waals surface area contributed by atoms with Crippen LogP contribution in [0.5, 0.6) is 0 Å². The van der Waals surface area contributed by atoms with E-state index in [0.29, 0.717) is 36.4 Å². The molecule has 0 atom stereocenters. The zero-order valence-corrected chi connectivity index (χ0v) is 11.2. The molecule has 0 aliphatic carbocycles.